The highest BCUT2D eigenvalue weighted by Crippen LogP contribution is 2.15. The number of alkyl halides is 1. The van der Waals surface area contributed by atoms with Crippen LogP contribution in [-0.2, 0) is 13.5 Å². The van der Waals surface area contributed by atoms with Crippen LogP contribution in [0.3, 0.4) is 0 Å². The van der Waals surface area contributed by atoms with Gasteiger partial charge >= 0.3 is 0 Å². The molecule has 1 aromatic rings. The minimum Gasteiger partial charge on any atom is -0.276 e. The van der Waals surface area contributed by atoms with Crippen LogP contribution in [0.1, 0.15) is 38.2 Å². The molecule has 0 radical (unpaired) electrons. The van der Waals surface area contributed by atoms with Gasteiger partial charge in [-0.1, -0.05) is 29.3 Å². The molecular weight excluding hydrogens is 240 g/mol. The van der Waals surface area contributed by atoms with E-state index in [0.717, 1.165) is 6.42 Å². The Labute approximate surface area is 94.8 Å². The van der Waals surface area contributed by atoms with Crippen LogP contribution in [0.5, 0.6) is 0 Å². The molecule has 0 aliphatic carbocycles. The van der Waals surface area contributed by atoms with Crippen LogP contribution < -0.4 is 0 Å². The van der Waals surface area contributed by atoms with Crippen molar-refractivity contribution < 1.29 is 0 Å². The second-order valence-corrected chi connectivity index (χ2v) is 5.10. The van der Waals surface area contributed by atoms with Crippen LogP contribution in [0.25, 0.3) is 0 Å². The van der Waals surface area contributed by atoms with Crippen molar-refractivity contribution in [2.24, 2.45) is 7.05 Å². The fraction of sp³-hybridized carbons (Fsp3) is 0.727. The molecule has 0 saturated carbocycles. The first-order valence-corrected chi connectivity index (χ1v) is 6.25. The van der Waals surface area contributed by atoms with Crippen LogP contribution >= 0.6 is 15.9 Å². The molecule has 3 heteroatoms. The van der Waals surface area contributed by atoms with Crippen molar-refractivity contribution in [3.8, 4) is 0 Å². The SMILES string of the molecule is CCCC(Br)CCCc1cnn(C)c1. The molecule has 0 aliphatic rings. The Morgan fingerprint density at radius 1 is 1.50 bits per heavy atom. The zero-order valence-electron chi connectivity index (χ0n) is 9.04. The largest absolute Gasteiger partial charge is 0.276 e. The predicted molar refractivity (Wildman–Crippen MR) is 63.8 cm³/mol. The average molecular weight is 259 g/mol. The number of aryl methyl sites for hydroxylation is 2. The molecular formula is C11H19BrN2. The van der Waals surface area contributed by atoms with E-state index in [2.05, 4.69) is 34.1 Å². The van der Waals surface area contributed by atoms with Gasteiger partial charge < -0.3 is 0 Å². The van der Waals surface area contributed by atoms with E-state index in [1.807, 2.05) is 17.9 Å². The summed E-state index contributed by atoms with van der Waals surface area (Å²) in [6.07, 6.45) is 10.3. The molecule has 1 aromatic heterocycles. The van der Waals surface area contributed by atoms with Crippen molar-refractivity contribution >= 4 is 15.9 Å². The Bertz CT molecular complexity index is 258. The summed E-state index contributed by atoms with van der Waals surface area (Å²) in [5.74, 6) is 0. The van der Waals surface area contributed by atoms with Gasteiger partial charge in [0, 0.05) is 18.1 Å². The van der Waals surface area contributed by atoms with Crippen LogP contribution in [0.2, 0.25) is 0 Å². The molecule has 80 valence electrons. The molecule has 1 unspecified atom stereocenters. The van der Waals surface area contributed by atoms with Gasteiger partial charge in [-0.05, 0) is 31.2 Å². The molecule has 2 nitrogen and oxygen atoms in total. The highest BCUT2D eigenvalue weighted by molar-refractivity contribution is 9.09. The van der Waals surface area contributed by atoms with Crippen molar-refractivity contribution in [1.82, 2.24) is 9.78 Å². The molecule has 0 spiro atoms. The van der Waals surface area contributed by atoms with E-state index in [9.17, 15) is 0 Å². The van der Waals surface area contributed by atoms with Gasteiger partial charge in [-0.3, -0.25) is 4.68 Å². The van der Waals surface area contributed by atoms with Gasteiger partial charge in [-0.2, -0.15) is 5.10 Å². The molecule has 0 bridgehead atoms. The third kappa shape index (κ3) is 4.27. The van der Waals surface area contributed by atoms with Crippen molar-refractivity contribution in [3.05, 3.63) is 18.0 Å². The first-order chi connectivity index (χ1) is 6.72. The van der Waals surface area contributed by atoms with Gasteiger partial charge in [0.1, 0.15) is 0 Å². The van der Waals surface area contributed by atoms with E-state index in [4.69, 9.17) is 0 Å². The molecule has 0 N–H and O–H groups in total. The van der Waals surface area contributed by atoms with Crippen molar-refractivity contribution in [3.63, 3.8) is 0 Å². The lowest BCUT2D eigenvalue weighted by atomic mass is 10.1. The second kappa shape index (κ2) is 6.23. The highest BCUT2D eigenvalue weighted by Gasteiger charge is 2.03. The monoisotopic (exact) mass is 258 g/mol. The maximum absolute atomic E-state index is 4.16. The van der Waals surface area contributed by atoms with E-state index in [1.54, 1.807) is 0 Å². The van der Waals surface area contributed by atoms with Gasteiger partial charge in [0.15, 0.2) is 0 Å². The van der Waals surface area contributed by atoms with Crippen molar-refractivity contribution in [2.75, 3.05) is 0 Å². The molecule has 0 fully saturated rings. The molecule has 1 rings (SSSR count). The van der Waals surface area contributed by atoms with Gasteiger partial charge in [-0.25, -0.2) is 0 Å². The number of rotatable bonds is 6. The lowest BCUT2D eigenvalue weighted by Gasteiger charge is -2.06. The van der Waals surface area contributed by atoms with Gasteiger partial charge in [0.05, 0.1) is 6.20 Å². The molecule has 0 aliphatic heterocycles. The van der Waals surface area contributed by atoms with Crippen LogP contribution in [0.15, 0.2) is 12.4 Å². The molecule has 0 saturated heterocycles. The molecule has 1 atom stereocenters. The summed E-state index contributed by atoms with van der Waals surface area (Å²) in [7, 11) is 1.97. The fourth-order valence-corrected chi connectivity index (χ4v) is 2.37. The average Bonchev–Trinajstić information content (AvgIpc) is 2.52. The number of aromatic nitrogens is 2. The molecule has 1 heterocycles. The smallest absolute Gasteiger partial charge is 0.0521 e. The first-order valence-electron chi connectivity index (χ1n) is 5.34. The predicted octanol–water partition coefficient (Wildman–Crippen LogP) is 3.31. The number of hydrogen-bond donors (Lipinski definition) is 0. The number of halogens is 1. The van der Waals surface area contributed by atoms with Crippen molar-refractivity contribution in [2.45, 2.75) is 43.9 Å². The van der Waals surface area contributed by atoms with E-state index in [0.29, 0.717) is 4.83 Å². The lowest BCUT2D eigenvalue weighted by molar-refractivity contribution is 0.655. The van der Waals surface area contributed by atoms with Gasteiger partial charge in [0.2, 0.25) is 0 Å². The van der Waals surface area contributed by atoms with Crippen molar-refractivity contribution in [1.29, 1.82) is 0 Å². The summed E-state index contributed by atoms with van der Waals surface area (Å²) in [4.78, 5) is 0.698. The third-order valence-electron chi connectivity index (χ3n) is 2.34. The molecule has 0 aromatic carbocycles. The summed E-state index contributed by atoms with van der Waals surface area (Å²) < 4.78 is 1.87. The Morgan fingerprint density at radius 2 is 2.29 bits per heavy atom. The number of nitrogens with zero attached hydrogens (tertiary/aromatic N) is 2. The summed E-state index contributed by atoms with van der Waals surface area (Å²) >= 11 is 3.70. The summed E-state index contributed by atoms with van der Waals surface area (Å²) in [6, 6.07) is 0. The Hall–Kier alpha value is -0.310. The topological polar surface area (TPSA) is 17.8 Å². The lowest BCUT2D eigenvalue weighted by Crippen LogP contribution is -1.97. The van der Waals surface area contributed by atoms with Crippen LogP contribution in [-0.4, -0.2) is 14.6 Å². The highest BCUT2D eigenvalue weighted by atomic mass is 79.9. The summed E-state index contributed by atoms with van der Waals surface area (Å²) in [6.45, 7) is 2.23. The van der Waals surface area contributed by atoms with Gasteiger partial charge in [-0.15, -0.1) is 0 Å². The van der Waals surface area contributed by atoms with E-state index < -0.39 is 0 Å². The zero-order valence-corrected chi connectivity index (χ0v) is 10.6. The normalized spacial score (nSPS) is 13.1. The summed E-state index contributed by atoms with van der Waals surface area (Å²) in [5.41, 5.74) is 1.35. The summed E-state index contributed by atoms with van der Waals surface area (Å²) in [5, 5.41) is 4.16. The number of hydrogen-bond acceptors (Lipinski definition) is 1. The maximum Gasteiger partial charge on any atom is 0.0521 e. The second-order valence-electron chi connectivity index (χ2n) is 3.80. The minimum absolute atomic E-state index is 0.698. The minimum atomic E-state index is 0.698. The Balaban J connectivity index is 2.15. The first kappa shape index (κ1) is 11.8. The molecule has 0 amide bonds. The van der Waals surface area contributed by atoms with E-state index in [-0.39, 0.29) is 0 Å². The van der Waals surface area contributed by atoms with E-state index in [1.165, 1.54) is 31.2 Å². The standard InChI is InChI=1S/C11H19BrN2/c1-3-5-11(12)7-4-6-10-8-13-14(2)9-10/h8-9,11H,3-7H2,1-2H3. The molecule has 14 heavy (non-hydrogen) atoms. The quantitative estimate of drug-likeness (QED) is 0.717. The maximum atomic E-state index is 4.16. The Kier molecular flexibility index (Phi) is 5.23. The van der Waals surface area contributed by atoms with Crippen LogP contribution in [0.4, 0.5) is 0 Å². The van der Waals surface area contributed by atoms with Crippen LogP contribution in [0, 0.1) is 0 Å². The third-order valence-corrected chi connectivity index (χ3v) is 3.26. The fourth-order valence-electron chi connectivity index (χ4n) is 1.59. The van der Waals surface area contributed by atoms with E-state index >= 15 is 0 Å². The van der Waals surface area contributed by atoms with Gasteiger partial charge in [0.25, 0.3) is 0 Å². The Morgan fingerprint density at radius 3 is 2.86 bits per heavy atom. The zero-order chi connectivity index (χ0) is 10.4.